The molecule has 1 aliphatic heterocycles. The van der Waals surface area contributed by atoms with Crippen molar-refractivity contribution in [2.24, 2.45) is 18.9 Å². The van der Waals surface area contributed by atoms with Crippen LogP contribution in [0, 0.1) is 11.8 Å². The molecule has 0 spiro atoms. The second-order valence-corrected chi connectivity index (χ2v) is 13.0. The van der Waals surface area contributed by atoms with Gasteiger partial charge < -0.3 is 9.55 Å². The van der Waals surface area contributed by atoms with Gasteiger partial charge in [0.05, 0.1) is 0 Å². The Hall–Kier alpha value is -3.19. The largest absolute Gasteiger partial charge is 0.353 e. The number of hydrogen-bond acceptors (Lipinski definition) is 4. The maximum Gasteiger partial charge on any atom is 0.279 e. The van der Waals surface area contributed by atoms with E-state index in [1.54, 1.807) is 6.33 Å². The summed E-state index contributed by atoms with van der Waals surface area (Å²) in [4.78, 5) is 20.1. The Morgan fingerprint density at radius 2 is 1.95 bits per heavy atom. The zero-order chi connectivity index (χ0) is 26.7. The lowest BCUT2D eigenvalue weighted by Crippen LogP contribution is -2.42. The molecule has 0 bridgehead atoms. The minimum atomic E-state index is 0.0361. The number of pyridine rings is 1. The molecule has 1 saturated heterocycles. The van der Waals surface area contributed by atoms with E-state index >= 15 is 0 Å². The number of nitrogens with zero attached hydrogens (tertiary/aromatic N) is 5. The number of aryl methyl sites for hydroxylation is 1. The van der Waals surface area contributed by atoms with E-state index in [9.17, 15) is 4.79 Å². The first-order valence-electron chi connectivity index (χ1n) is 14.8. The van der Waals surface area contributed by atoms with E-state index in [0.717, 1.165) is 72.9 Å². The van der Waals surface area contributed by atoms with E-state index in [0.29, 0.717) is 11.8 Å². The predicted octanol–water partition coefficient (Wildman–Crippen LogP) is 5.47. The van der Waals surface area contributed by atoms with Gasteiger partial charge in [0.1, 0.15) is 17.7 Å². The van der Waals surface area contributed by atoms with Gasteiger partial charge in [0, 0.05) is 54.9 Å². The number of fused-ring (bicyclic) bond motifs is 1. The molecule has 204 valence electrons. The molecule has 4 heterocycles. The highest BCUT2D eigenvalue weighted by molar-refractivity contribution is 5.84. The van der Waals surface area contributed by atoms with Crippen molar-refractivity contribution >= 4 is 10.9 Å². The third kappa shape index (κ3) is 4.54. The average molecular weight is 525 g/mol. The monoisotopic (exact) mass is 524 g/mol. The highest BCUT2D eigenvalue weighted by Gasteiger charge is 2.44. The van der Waals surface area contributed by atoms with Crippen LogP contribution in [0.25, 0.3) is 16.6 Å². The van der Waals surface area contributed by atoms with E-state index in [1.165, 1.54) is 36.8 Å². The molecule has 4 aromatic rings. The summed E-state index contributed by atoms with van der Waals surface area (Å²) in [7, 11) is 2.02. The van der Waals surface area contributed by atoms with Crippen LogP contribution in [0.3, 0.4) is 0 Å². The van der Waals surface area contributed by atoms with Crippen molar-refractivity contribution < 1.29 is 0 Å². The molecule has 7 heteroatoms. The maximum atomic E-state index is 14.0. The number of H-pyrrole nitrogens is 1. The Balaban J connectivity index is 1.27. The van der Waals surface area contributed by atoms with Gasteiger partial charge >= 0.3 is 0 Å². The van der Waals surface area contributed by atoms with Crippen LogP contribution in [0.1, 0.15) is 80.9 Å². The number of nitrogens with one attached hydrogen (secondary N) is 1. The van der Waals surface area contributed by atoms with Crippen molar-refractivity contribution in [2.75, 3.05) is 13.1 Å². The number of aromatic amines is 1. The van der Waals surface area contributed by atoms with Crippen molar-refractivity contribution in [1.82, 2.24) is 29.2 Å². The first-order chi connectivity index (χ1) is 18.9. The Bertz CT molecular complexity index is 1570. The van der Waals surface area contributed by atoms with E-state index in [4.69, 9.17) is 0 Å². The average Bonchev–Trinajstić information content (AvgIpc) is 3.54. The zero-order valence-corrected chi connectivity index (χ0v) is 23.5. The molecule has 1 aromatic carbocycles. The van der Waals surface area contributed by atoms with Gasteiger partial charge in [-0.15, -0.1) is 10.2 Å². The summed E-state index contributed by atoms with van der Waals surface area (Å²) in [5, 5.41) is 9.64. The summed E-state index contributed by atoms with van der Waals surface area (Å²) in [6, 6.07) is 11.0. The van der Waals surface area contributed by atoms with Gasteiger partial charge in [0.25, 0.3) is 5.56 Å². The Morgan fingerprint density at radius 1 is 1.10 bits per heavy atom. The lowest BCUT2D eigenvalue weighted by atomic mass is 9.57. The van der Waals surface area contributed by atoms with Crippen LogP contribution in [0.2, 0.25) is 0 Å². The molecule has 7 nitrogen and oxygen atoms in total. The van der Waals surface area contributed by atoms with Gasteiger partial charge in [-0.05, 0) is 92.1 Å². The number of rotatable bonds is 7. The Labute approximate surface area is 230 Å². The molecule has 1 N–H and O–H groups in total. The van der Waals surface area contributed by atoms with E-state index in [1.807, 2.05) is 16.2 Å². The molecular formula is C32H40N6O. The molecule has 0 unspecified atom stereocenters. The molecule has 3 aliphatic rings. The lowest BCUT2D eigenvalue weighted by molar-refractivity contribution is 0.152. The minimum absolute atomic E-state index is 0.0361. The van der Waals surface area contributed by atoms with Crippen LogP contribution in [-0.2, 0) is 25.4 Å². The normalized spacial score (nSPS) is 25.7. The molecule has 2 saturated carbocycles. The first-order valence-corrected chi connectivity index (χ1v) is 14.8. The number of aromatic nitrogens is 5. The van der Waals surface area contributed by atoms with Crippen molar-refractivity contribution in [3.8, 4) is 5.69 Å². The van der Waals surface area contributed by atoms with Crippen LogP contribution in [0.5, 0.6) is 0 Å². The minimum Gasteiger partial charge on any atom is -0.353 e. The Kier molecular flexibility index (Phi) is 6.03. The zero-order valence-electron chi connectivity index (χ0n) is 23.5. The fraction of sp³-hybridized carbons (Fsp3) is 0.531. The van der Waals surface area contributed by atoms with Crippen LogP contribution in [0.4, 0.5) is 0 Å². The summed E-state index contributed by atoms with van der Waals surface area (Å²) in [5.74, 6) is 2.99. The third-order valence-corrected chi connectivity index (χ3v) is 9.55. The second kappa shape index (κ2) is 9.47. The fourth-order valence-electron chi connectivity index (χ4n) is 7.47. The van der Waals surface area contributed by atoms with Crippen molar-refractivity contribution in [2.45, 2.75) is 76.7 Å². The molecule has 3 aromatic heterocycles. The van der Waals surface area contributed by atoms with Gasteiger partial charge in [0.15, 0.2) is 0 Å². The molecular weight excluding hydrogens is 484 g/mol. The highest BCUT2D eigenvalue weighted by atomic mass is 16.1. The molecule has 39 heavy (non-hydrogen) atoms. The number of piperidine rings is 1. The van der Waals surface area contributed by atoms with Gasteiger partial charge in [-0.25, -0.2) is 0 Å². The predicted molar refractivity (Wildman–Crippen MR) is 154 cm³/mol. The van der Waals surface area contributed by atoms with E-state index in [-0.39, 0.29) is 11.0 Å². The SMILES string of the molecule is CC1CC(Cc2nncn2C)(c2cccc(-n3cc(C4CC4)c4cc(CN5CCC[C@H](C)C5)[nH]c4c3=O)c2)C1. The summed E-state index contributed by atoms with van der Waals surface area (Å²) >= 11 is 0. The molecule has 1 atom stereocenters. The van der Waals surface area contributed by atoms with E-state index < -0.39 is 0 Å². The molecule has 7 rings (SSSR count). The molecule has 0 radical (unpaired) electrons. The van der Waals surface area contributed by atoms with E-state index in [2.05, 4.69) is 70.5 Å². The Morgan fingerprint density at radius 3 is 2.67 bits per heavy atom. The van der Waals surface area contributed by atoms with Gasteiger partial charge in [-0.2, -0.15) is 0 Å². The van der Waals surface area contributed by atoms with Crippen molar-refractivity contribution in [3.63, 3.8) is 0 Å². The summed E-state index contributed by atoms with van der Waals surface area (Å²) in [6.07, 6.45) is 12.0. The van der Waals surface area contributed by atoms with Gasteiger partial charge in [-0.3, -0.25) is 14.3 Å². The molecule has 0 amide bonds. The maximum absolute atomic E-state index is 14.0. The second-order valence-electron chi connectivity index (χ2n) is 13.0. The van der Waals surface area contributed by atoms with Gasteiger partial charge in [0.2, 0.25) is 0 Å². The van der Waals surface area contributed by atoms with Crippen molar-refractivity contribution in [3.05, 3.63) is 75.9 Å². The standard InChI is InChI=1S/C32H40N6O/c1-21-6-5-11-37(17-21)18-25-13-27-28(23-9-10-23)19-38(31(39)30(27)34-25)26-8-4-7-24(12-26)32(14-22(2)15-32)16-29-35-33-20-36(29)3/h4,7-8,12-13,19-23,34H,5-6,9-11,14-18H2,1-3H3/t21-,22?,32?/m0/s1. The number of benzene rings is 1. The quantitative estimate of drug-likeness (QED) is 0.348. The summed E-state index contributed by atoms with van der Waals surface area (Å²) in [5.41, 5.74) is 5.58. The highest BCUT2D eigenvalue weighted by Crippen LogP contribution is 2.50. The number of hydrogen-bond donors (Lipinski definition) is 1. The molecule has 2 aliphatic carbocycles. The lowest BCUT2D eigenvalue weighted by Gasteiger charge is -2.47. The van der Waals surface area contributed by atoms with Crippen LogP contribution in [0.15, 0.2) is 47.7 Å². The van der Waals surface area contributed by atoms with Crippen LogP contribution in [-0.4, -0.2) is 42.3 Å². The third-order valence-electron chi connectivity index (χ3n) is 9.55. The molecule has 3 fully saturated rings. The van der Waals surface area contributed by atoms with Crippen molar-refractivity contribution in [1.29, 1.82) is 0 Å². The van der Waals surface area contributed by atoms with Crippen LogP contribution >= 0.6 is 0 Å². The first kappa shape index (κ1) is 24.8. The topological polar surface area (TPSA) is 71.7 Å². The van der Waals surface area contributed by atoms with Gasteiger partial charge in [-0.1, -0.05) is 26.0 Å². The number of likely N-dealkylation sites (tertiary alicyclic amines) is 1. The fourth-order valence-corrected chi connectivity index (χ4v) is 7.47. The van der Waals surface area contributed by atoms with Crippen LogP contribution < -0.4 is 5.56 Å². The summed E-state index contributed by atoms with van der Waals surface area (Å²) < 4.78 is 3.93. The summed E-state index contributed by atoms with van der Waals surface area (Å²) in [6.45, 7) is 7.84. The smallest absolute Gasteiger partial charge is 0.279 e.